The minimum absolute atomic E-state index is 0.0382. The van der Waals surface area contributed by atoms with Crippen LogP contribution in [0.4, 0.5) is 4.39 Å². The molecule has 0 fully saturated rings. The number of ether oxygens (including phenoxy) is 2. The highest BCUT2D eigenvalue weighted by molar-refractivity contribution is 6.27. The van der Waals surface area contributed by atoms with Crippen LogP contribution in [0.25, 0.3) is 0 Å². The fourth-order valence-electron chi connectivity index (χ4n) is 4.09. The summed E-state index contributed by atoms with van der Waals surface area (Å²) >= 11 is 0. The number of carbonyl (C=O) groups is 3. The van der Waals surface area contributed by atoms with Gasteiger partial charge in [-0.1, -0.05) is 48.5 Å². The molecule has 1 aliphatic heterocycles. The van der Waals surface area contributed by atoms with Crippen molar-refractivity contribution in [2.24, 2.45) is 0 Å². The fraction of sp³-hybridized carbons (Fsp3) is 0.115. The van der Waals surface area contributed by atoms with E-state index >= 15 is 0 Å². The molecule has 0 radical (unpaired) electrons. The van der Waals surface area contributed by atoms with Crippen LogP contribution < -0.4 is 4.74 Å². The summed E-state index contributed by atoms with van der Waals surface area (Å²) in [5.74, 6) is -1.86. The molecule has 6 heteroatoms. The van der Waals surface area contributed by atoms with Crippen molar-refractivity contribution < 1.29 is 28.2 Å². The minimum atomic E-state index is -0.590. The molecule has 158 valence electrons. The van der Waals surface area contributed by atoms with E-state index in [1.54, 1.807) is 60.7 Å². The Morgan fingerprint density at radius 3 is 2.31 bits per heavy atom. The highest BCUT2D eigenvalue weighted by atomic mass is 19.1. The largest absolute Gasteiger partial charge is 0.489 e. The van der Waals surface area contributed by atoms with Crippen molar-refractivity contribution in [3.05, 3.63) is 112 Å². The summed E-state index contributed by atoms with van der Waals surface area (Å²) in [5, 5.41) is 0. The molecule has 0 N–H and O–H groups in total. The molecule has 0 saturated carbocycles. The van der Waals surface area contributed by atoms with Crippen LogP contribution >= 0.6 is 0 Å². The molecule has 0 aromatic heterocycles. The standard InChI is InChI=1S/C26H17FO5/c27-17-5-3-4-15(12-17)14-31-18-10-8-16(9-11-18)21-13-22(28)32-26-23(21)24(29)19-6-1-2-7-20(19)25(26)30/h1-12,21H,13-14H2/t21-/m0/s1. The number of allylic oxidation sites excluding steroid dienone is 2. The molecule has 1 heterocycles. The van der Waals surface area contributed by atoms with Crippen molar-refractivity contribution in [3.63, 3.8) is 0 Å². The first-order chi connectivity index (χ1) is 15.5. The van der Waals surface area contributed by atoms with Crippen LogP contribution in [0.2, 0.25) is 0 Å². The monoisotopic (exact) mass is 428 g/mol. The van der Waals surface area contributed by atoms with Crippen LogP contribution in [0.5, 0.6) is 5.75 Å². The maximum absolute atomic E-state index is 13.3. The lowest BCUT2D eigenvalue weighted by atomic mass is 9.77. The summed E-state index contributed by atoms with van der Waals surface area (Å²) in [6.07, 6.45) is -0.0382. The third-order valence-electron chi connectivity index (χ3n) is 5.62. The molecule has 0 bridgehead atoms. The van der Waals surface area contributed by atoms with Crippen LogP contribution in [0.1, 0.15) is 44.2 Å². The van der Waals surface area contributed by atoms with Gasteiger partial charge >= 0.3 is 5.97 Å². The smallest absolute Gasteiger partial charge is 0.312 e. The average Bonchev–Trinajstić information content (AvgIpc) is 2.81. The van der Waals surface area contributed by atoms with E-state index in [0.717, 1.165) is 0 Å². The second-order valence-electron chi connectivity index (χ2n) is 7.67. The Labute approximate surface area is 183 Å². The number of ketones is 2. The van der Waals surface area contributed by atoms with Crippen LogP contribution in [-0.2, 0) is 16.1 Å². The lowest BCUT2D eigenvalue weighted by Crippen LogP contribution is -2.32. The van der Waals surface area contributed by atoms with Gasteiger partial charge in [-0.2, -0.15) is 0 Å². The van der Waals surface area contributed by atoms with E-state index in [2.05, 4.69) is 0 Å². The van der Waals surface area contributed by atoms with Gasteiger partial charge in [-0.25, -0.2) is 4.39 Å². The van der Waals surface area contributed by atoms with Gasteiger partial charge in [0.2, 0.25) is 5.78 Å². The summed E-state index contributed by atoms with van der Waals surface area (Å²) in [7, 11) is 0. The first-order valence-electron chi connectivity index (χ1n) is 10.1. The molecule has 0 spiro atoms. The lowest BCUT2D eigenvalue weighted by Gasteiger charge is -2.30. The number of hydrogen-bond donors (Lipinski definition) is 0. The van der Waals surface area contributed by atoms with Crippen molar-refractivity contribution in [2.45, 2.75) is 18.9 Å². The molecule has 2 aliphatic rings. The second kappa shape index (κ2) is 7.89. The zero-order valence-corrected chi connectivity index (χ0v) is 16.8. The summed E-state index contributed by atoms with van der Waals surface area (Å²) in [6.45, 7) is 0.200. The summed E-state index contributed by atoms with van der Waals surface area (Å²) in [4.78, 5) is 38.3. The van der Waals surface area contributed by atoms with E-state index < -0.39 is 17.7 Å². The maximum Gasteiger partial charge on any atom is 0.312 e. The van der Waals surface area contributed by atoms with Gasteiger partial charge < -0.3 is 9.47 Å². The topological polar surface area (TPSA) is 69.7 Å². The van der Waals surface area contributed by atoms with E-state index in [0.29, 0.717) is 22.4 Å². The summed E-state index contributed by atoms with van der Waals surface area (Å²) in [5.41, 5.74) is 2.17. The van der Waals surface area contributed by atoms with E-state index in [4.69, 9.17) is 9.47 Å². The predicted molar refractivity (Wildman–Crippen MR) is 113 cm³/mol. The zero-order chi connectivity index (χ0) is 22.2. The summed E-state index contributed by atoms with van der Waals surface area (Å²) < 4.78 is 24.2. The normalized spacial score (nSPS) is 17.5. The highest BCUT2D eigenvalue weighted by Gasteiger charge is 2.42. The Bertz CT molecular complexity index is 1290. The molecule has 5 rings (SSSR count). The van der Waals surface area contributed by atoms with Gasteiger partial charge in [0, 0.05) is 17.0 Å². The van der Waals surface area contributed by atoms with Crippen molar-refractivity contribution in [3.8, 4) is 5.75 Å². The molecule has 0 amide bonds. The Hall–Kier alpha value is -4.06. The quantitative estimate of drug-likeness (QED) is 0.560. The Morgan fingerprint density at radius 1 is 0.875 bits per heavy atom. The molecule has 0 unspecified atom stereocenters. The minimum Gasteiger partial charge on any atom is -0.489 e. The predicted octanol–water partition coefficient (Wildman–Crippen LogP) is 4.77. The number of hydrogen-bond acceptors (Lipinski definition) is 5. The summed E-state index contributed by atoms with van der Waals surface area (Å²) in [6, 6.07) is 19.6. The SMILES string of the molecule is O=C1C[C@@H](c2ccc(OCc3cccc(F)c3)cc2)C2=C(O1)C(=O)c1ccccc1C2=O. The number of rotatable bonds is 4. The highest BCUT2D eigenvalue weighted by Crippen LogP contribution is 2.41. The van der Waals surface area contributed by atoms with Crippen LogP contribution in [-0.4, -0.2) is 17.5 Å². The Morgan fingerprint density at radius 2 is 1.59 bits per heavy atom. The van der Waals surface area contributed by atoms with Gasteiger partial charge in [0.25, 0.3) is 0 Å². The molecule has 3 aromatic carbocycles. The van der Waals surface area contributed by atoms with Crippen molar-refractivity contribution in [1.82, 2.24) is 0 Å². The Kier molecular flexibility index (Phi) is 4.90. The fourth-order valence-corrected chi connectivity index (χ4v) is 4.09. The number of Topliss-reactive ketones (excluding diaryl/α,β-unsaturated/α-hetero) is 2. The number of halogens is 1. The van der Waals surface area contributed by atoms with Crippen molar-refractivity contribution >= 4 is 17.5 Å². The number of esters is 1. The molecule has 1 aliphatic carbocycles. The van der Waals surface area contributed by atoms with Gasteiger partial charge in [-0.15, -0.1) is 0 Å². The van der Waals surface area contributed by atoms with Gasteiger partial charge in [0.1, 0.15) is 18.2 Å². The van der Waals surface area contributed by atoms with Gasteiger partial charge in [0.05, 0.1) is 12.0 Å². The molecule has 32 heavy (non-hydrogen) atoms. The first kappa shape index (κ1) is 19.9. The second-order valence-corrected chi connectivity index (χ2v) is 7.67. The van der Waals surface area contributed by atoms with E-state index in [1.807, 2.05) is 0 Å². The van der Waals surface area contributed by atoms with E-state index in [1.165, 1.54) is 12.1 Å². The van der Waals surface area contributed by atoms with Crippen molar-refractivity contribution in [1.29, 1.82) is 0 Å². The average molecular weight is 428 g/mol. The molecule has 5 nitrogen and oxygen atoms in total. The van der Waals surface area contributed by atoms with Gasteiger partial charge in [-0.3, -0.25) is 14.4 Å². The van der Waals surface area contributed by atoms with Crippen LogP contribution in [0.15, 0.2) is 84.1 Å². The molecule has 0 saturated heterocycles. The third-order valence-corrected chi connectivity index (χ3v) is 5.62. The Balaban J connectivity index is 1.43. The zero-order valence-electron chi connectivity index (χ0n) is 16.8. The number of fused-ring (bicyclic) bond motifs is 1. The van der Waals surface area contributed by atoms with Crippen LogP contribution in [0, 0.1) is 5.82 Å². The lowest BCUT2D eigenvalue weighted by molar-refractivity contribution is -0.140. The molecule has 3 aromatic rings. The van der Waals surface area contributed by atoms with E-state index in [9.17, 15) is 18.8 Å². The number of benzene rings is 3. The van der Waals surface area contributed by atoms with Crippen LogP contribution in [0.3, 0.4) is 0 Å². The van der Waals surface area contributed by atoms with E-state index in [-0.39, 0.29) is 41.5 Å². The first-order valence-corrected chi connectivity index (χ1v) is 10.1. The van der Waals surface area contributed by atoms with Crippen molar-refractivity contribution in [2.75, 3.05) is 0 Å². The van der Waals surface area contributed by atoms with Gasteiger partial charge in [-0.05, 0) is 35.4 Å². The molecular formula is C26H17FO5. The molecular weight excluding hydrogens is 411 g/mol. The van der Waals surface area contributed by atoms with Gasteiger partial charge in [0.15, 0.2) is 11.5 Å². The number of carbonyl (C=O) groups excluding carboxylic acids is 3. The third kappa shape index (κ3) is 3.50. The molecule has 1 atom stereocenters. The maximum atomic E-state index is 13.3.